The van der Waals surface area contributed by atoms with Gasteiger partial charge in [0.05, 0.1) is 0 Å². The maximum atomic E-state index is 4.98. The van der Waals surface area contributed by atoms with Gasteiger partial charge in [0.15, 0.2) is 17.5 Å². The van der Waals surface area contributed by atoms with Gasteiger partial charge in [0, 0.05) is 16.7 Å². The van der Waals surface area contributed by atoms with Crippen LogP contribution in [-0.4, -0.2) is 15.0 Å². The summed E-state index contributed by atoms with van der Waals surface area (Å²) < 4.78 is 0. The lowest BCUT2D eigenvalue weighted by Crippen LogP contribution is -2.03. The molecule has 0 bridgehead atoms. The van der Waals surface area contributed by atoms with Crippen LogP contribution in [0.4, 0.5) is 0 Å². The van der Waals surface area contributed by atoms with Gasteiger partial charge in [0.2, 0.25) is 0 Å². The Kier molecular flexibility index (Phi) is 6.32. The number of aryl methyl sites for hydroxylation is 1. The Morgan fingerprint density at radius 1 is 0.686 bits per heavy atom. The maximum Gasteiger partial charge on any atom is 0.164 e. The second-order valence-corrected chi connectivity index (χ2v) is 8.62. The van der Waals surface area contributed by atoms with Crippen LogP contribution in [-0.2, 0) is 0 Å². The summed E-state index contributed by atoms with van der Waals surface area (Å²) >= 11 is 0. The van der Waals surface area contributed by atoms with Crippen LogP contribution in [0.5, 0.6) is 0 Å². The topological polar surface area (TPSA) is 38.7 Å². The van der Waals surface area contributed by atoms with Crippen molar-refractivity contribution >= 4 is 16.3 Å². The van der Waals surface area contributed by atoms with Gasteiger partial charge in [-0.15, -0.1) is 0 Å². The van der Waals surface area contributed by atoms with E-state index in [2.05, 4.69) is 67.6 Å². The zero-order chi connectivity index (χ0) is 24.2. The van der Waals surface area contributed by atoms with Crippen molar-refractivity contribution in [1.29, 1.82) is 0 Å². The summed E-state index contributed by atoms with van der Waals surface area (Å²) in [5.41, 5.74) is 6.46. The van der Waals surface area contributed by atoms with E-state index in [1.54, 1.807) is 0 Å². The number of aromatic nitrogens is 3. The minimum absolute atomic E-state index is 0.668. The number of benzene rings is 4. The molecule has 0 spiro atoms. The van der Waals surface area contributed by atoms with Crippen molar-refractivity contribution in [3.05, 3.63) is 121 Å². The van der Waals surface area contributed by atoms with E-state index < -0.39 is 0 Å². The lowest BCUT2D eigenvalue weighted by molar-refractivity contribution is 1.03. The number of allylic oxidation sites excluding steroid dienone is 4. The predicted octanol–water partition coefficient (Wildman–Crippen LogP) is 8.31. The fraction of sp³-hybridized carbons (Fsp3) is 0.0938. The molecule has 0 unspecified atom stereocenters. The molecule has 0 fully saturated rings. The van der Waals surface area contributed by atoms with Crippen LogP contribution in [0.25, 0.3) is 50.2 Å². The molecule has 35 heavy (non-hydrogen) atoms. The average Bonchev–Trinajstić information content (AvgIpc) is 2.92. The molecule has 0 aliphatic carbocycles. The van der Waals surface area contributed by atoms with Crippen molar-refractivity contribution in [3.8, 4) is 33.9 Å². The number of hydrogen-bond donors (Lipinski definition) is 0. The number of fused-ring (bicyclic) bond motifs is 1. The normalized spacial score (nSPS) is 11.9. The zero-order valence-electron chi connectivity index (χ0n) is 20.2. The Labute approximate surface area is 206 Å². The molecule has 0 saturated carbocycles. The van der Waals surface area contributed by atoms with Crippen molar-refractivity contribution in [1.82, 2.24) is 15.0 Å². The standard InChI is InChI=1S/C32H27N3/c1-4-5-11-23(3)30-33-31(26-13-7-6-8-14-26)35-32(34-30)28-21-20-24-12-9-10-15-27(24)29(28)25-18-16-22(2)17-19-25/h4-21H,1-3H3/b5-4-,23-11+. The van der Waals surface area contributed by atoms with Gasteiger partial charge in [0.1, 0.15) is 0 Å². The van der Waals surface area contributed by atoms with E-state index in [1.807, 2.05) is 62.4 Å². The third-order valence-electron chi connectivity index (χ3n) is 6.07. The van der Waals surface area contributed by atoms with Crippen LogP contribution in [0, 0.1) is 6.92 Å². The van der Waals surface area contributed by atoms with Crippen molar-refractivity contribution in [2.75, 3.05) is 0 Å². The third-order valence-corrected chi connectivity index (χ3v) is 6.07. The quantitative estimate of drug-likeness (QED) is 0.251. The molecule has 1 aromatic heterocycles. The fourth-order valence-corrected chi connectivity index (χ4v) is 4.19. The Morgan fingerprint density at radius 2 is 1.40 bits per heavy atom. The highest BCUT2D eigenvalue weighted by atomic mass is 15.0. The molecule has 0 amide bonds. The van der Waals surface area contributed by atoms with E-state index in [4.69, 9.17) is 15.0 Å². The first-order valence-electron chi connectivity index (χ1n) is 11.8. The van der Waals surface area contributed by atoms with Gasteiger partial charge in [-0.2, -0.15) is 0 Å². The number of rotatable bonds is 5. The van der Waals surface area contributed by atoms with Crippen LogP contribution >= 0.6 is 0 Å². The first-order valence-corrected chi connectivity index (χ1v) is 11.8. The van der Waals surface area contributed by atoms with E-state index in [1.165, 1.54) is 16.3 Å². The predicted molar refractivity (Wildman–Crippen MR) is 147 cm³/mol. The second kappa shape index (κ2) is 9.86. The summed E-state index contributed by atoms with van der Waals surface area (Å²) in [6, 6.07) is 31.5. The van der Waals surface area contributed by atoms with Crippen molar-refractivity contribution in [2.24, 2.45) is 0 Å². The molecule has 0 saturated heterocycles. The molecule has 3 heteroatoms. The van der Waals surface area contributed by atoms with Gasteiger partial charge in [-0.25, -0.2) is 15.0 Å². The van der Waals surface area contributed by atoms with Crippen molar-refractivity contribution < 1.29 is 0 Å². The molecular weight excluding hydrogens is 426 g/mol. The highest BCUT2D eigenvalue weighted by molar-refractivity contribution is 6.03. The molecule has 0 aliphatic rings. The molecule has 5 aromatic rings. The zero-order valence-corrected chi connectivity index (χ0v) is 20.2. The largest absolute Gasteiger partial charge is 0.209 e. The van der Waals surface area contributed by atoms with Gasteiger partial charge in [-0.05, 0) is 48.7 Å². The maximum absolute atomic E-state index is 4.98. The Bertz CT molecular complexity index is 1550. The smallest absolute Gasteiger partial charge is 0.164 e. The van der Waals surface area contributed by atoms with Crippen molar-refractivity contribution in [3.63, 3.8) is 0 Å². The highest BCUT2D eigenvalue weighted by Crippen LogP contribution is 2.37. The lowest BCUT2D eigenvalue weighted by atomic mass is 9.92. The van der Waals surface area contributed by atoms with Crippen molar-refractivity contribution in [2.45, 2.75) is 20.8 Å². The number of hydrogen-bond acceptors (Lipinski definition) is 3. The van der Waals surface area contributed by atoms with Gasteiger partial charge in [-0.3, -0.25) is 0 Å². The molecule has 3 nitrogen and oxygen atoms in total. The first kappa shape index (κ1) is 22.4. The van der Waals surface area contributed by atoms with Gasteiger partial charge in [0.25, 0.3) is 0 Å². The molecule has 0 N–H and O–H groups in total. The lowest BCUT2D eigenvalue weighted by Gasteiger charge is -2.15. The fourth-order valence-electron chi connectivity index (χ4n) is 4.19. The van der Waals surface area contributed by atoms with Crippen LogP contribution in [0.3, 0.4) is 0 Å². The van der Waals surface area contributed by atoms with Gasteiger partial charge >= 0.3 is 0 Å². The van der Waals surface area contributed by atoms with Crippen LogP contribution in [0.2, 0.25) is 0 Å². The Morgan fingerprint density at radius 3 is 2.17 bits per heavy atom. The summed E-state index contributed by atoms with van der Waals surface area (Å²) in [6.07, 6.45) is 6.05. The first-order chi connectivity index (χ1) is 17.1. The Balaban J connectivity index is 1.81. The van der Waals surface area contributed by atoms with E-state index in [0.29, 0.717) is 17.5 Å². The minimum Gasteiger partial charge on any atom is -0.209 e. The SMILES string of the molecule is C/C=C\C=C(/C)c1nc(-c2ccccc2)nc(-c2ccc3ccccc3c2-c2ccc(C)cc2)n1. The second-order valence-electron chi connectivity index (χ2n) is 8.62. The minimum atomic E-state index is 0.668. The van der Waals surface area contributed by atoms with Gasteiger partial charge in [-0.1, -0.05) is 109 Å². The molecule has 0 radical (unpaired) electrons. The molecule has 170 valence electrons. The monoisotopic (exact) mass is 453 g/mol. The van der Waals surface area contributed by atoms with E-state index in [0.717, 1.165) is 27.8 Å². The van der Waals surface area contributed by atoms with Crippen LogP contribution in [0.1, 0.15) is 25.2 Å². The third kappa shape index (κ3) is 4.67. The highest BCUT2D eigenvalue weighted by Gasteiger charge is 2.17. The van der Waals surface area contributed by atoms with E-state index >= 15 is 0 Å². The molecule has 5 rings (SSSR count). The van der Waals surface area contributed by atoms with Crippen LogP contribution < -0.4 is 0 Å². The Hall–Kier alpha value is -4.37. The van der Waals surface area contributed by atoms with Gasteiger partial charge < -0.3 is 0 Å². The summed E-state index contributed by atoms with van der Waals surface area (Å²) in [5.74, 6) is 2.01. The average molecular weight is 454 g/mol. The van der Waals surface area contributed by atoms with E-state index in [9.17, 15) is 0 Å². The molecule has 0 atom stereocenters. The summed E-state index contributed by atoms with van der Waals surface area (Å²) in [6.45, 7) is 6.15. The molecule has 4 aromatic carbocycles. The molecular formula is C32H27N3. The summed E-state index contributed by atoms with van der Waals surface area (Å²) in [4.78, 5) is 14.8. The summed E-state index contributed by atoms with van der Waals surface area (Å²) in [7, 11) is 0. The number of nitrogens with zero attached hydrogens (tertiary/aromatic N) is 3. The van der Waals surface area contributed by atoms with Crippen LogP contribution in [0.15, 0.2) is 109 Å². The molecule has 0 aliphatic heterocycles. The molecule has 1 heterocycles. The summed E-state index contributed by atoms with van der Waals surface area (Å²) in [5, 5.41) is 2.37. The van der Waals surface area contributed by atoms with E-state index in [-0.39, 0.29) is 0 Å².